The zero-order valence-electron chi connectivity index (χ0n) is 18.0. The number of aromatic nitrogens is 3. The summed E-state index contributed by atoms with van der Waals surface area (Å²) in [5.41, 5.74) is 2.02. The van der Waals surface area contributed by atoms with E-state index in [0.29, 0.717) is 22.9 Å². The standard InChI is InChI=1S/C24H23N5O3/c1-24(2,3)19-14-20(29-32-19)28-21(30)13-15-6-9-17(10-7-15)26-23(31)18-11-8-16-5-4-12-25-22(16)27-18/h4-12,14H,13H2,1-3H3,(H,26,31)(H,28,29,30). The third kappa shape index (κ3) is 4.97. The van der Waals surface area contributed by atoms with Crippen LogP contribution in [0.3, 0.4) is 0 Å². The lowest BCUT2D eigenvalue weighted by atomic mass is 9.93. The summed E-state index contributed by atoms with van der Waals surface area (Å²) in [6.45, 7) is 6.02. The molecule has 0 spiro atoms. The molecule has 8 nitrogen and oxygen atoms in total. The minimum atomic E-state index is -0.330. The second kappa shape index (κ2) is 8.58. The molecule has 162 valence electrons. The fourth-order valence-electron chi connectivity index (χ4n) is 3.04. The van der Waals surface area contributed by atoms with Gasteiger partial charge in [-0.2, -0.15) is 0 Å². The Balaban J connectivity index is 1.35. The first-order valence-corrected chi connectivity index (χ1v) is 10.2. The third-order valence-corrected chi connectivity index (χ3v) is 4.79. The Morgan fingerprint density at radius 1 is 1.00 bits per heavy atom. The number of benzene rings is 1. The first kappa shape index (κ1) is 21.2. The van der Waals surface area contributed by atoms with E-state index in [1.165, 1.54) is 0 Å². The summed E-state index contributed by atoms with van der Waals surface area (Å²) < 4.78 is 5.28. The van der Waals surface area contributed by atoms with Crippen molar-refractivity contribution in [2.75, 3.05) is 10.6 Å². The highest BCUT2D eigenvalue weighted by Gasteiger charge is 2.20. The summed E-state index contributed by atoms with van der Waals surface area (Å²) in [7, 11) is 0. The maximum Gasteiger partial charge on any atom is 0.274 e. The predicted molar refractivity (Wildman–Crippen MR) is 121 cm³/mol. The third-order valence-electron chi connectivity index (χ3n) is 4.79. The Morgan fingerprint density at radius 2 is 1.78 bits per heavy atom. The highest BCUT2D eigenvalue weighted by atomic mass is 16.5. The van der Waals surface area contributed by atoms with Gasteiger partial charge in [0, 0.05) is 28.8 Å². The Labute approximate surface area is 185 Å². The van der Waals surface area contributed by atoms with Gasteiger partial charge >= 0.3 is 0 Å². The van der Waals surface area contributed by atoms with Crippen LogP contribution in [0.4, 0.5) is 11.5 Å². The molecule has 0 aliphatic carbocycles. The van der Waals surface area contributed by atoms with Gasteiger partial charge in [0.2, 0.25) is 5.91 Å². The topological polar surface area (TPSA) is 110 Å². The first-order chi connectivity index (χ1) is 15.3. The number of amides is 2. The van der Waals surface area contributed by atoms with Crippen molar-refractivity contribution in [1.29, 1.82) is 0 Å². The number of hydrogen-bond acceptors (Lipinski definition) is 6. The summed E-state index contributed by atoms with van der Waals surface area (Å²) in [5.74, 6) is 0.554. The van der Waals surface area contributed by atoms with Crippen molar-refractivity contribution in [3.63, 3.8) is 0 Å². The van der Waals surface area contributed by atoms with Crippen LogP contribution in [0.2, 0.25) is 0 Å². The Hall–Kier alpha value is -4.07. The number of hydrogen-bond donors (Lipinski definition) is 2. The van der Waals surface area contributed by atoms with Crippen LogP contribution in [0.5, 0.6) is 0 Å². The van der Waals surface area contributed by atoms with Crippen LogP contribution < -0.4 is 10.6 Å². The summed E-state index contributed by atoms with van der Waals surface area (Å²) in [6, 6.07) is 16.0. The lowest BCUT2D eigenvalue weighted by Crippen LogP contribution is -2.15. The van der Waals surface area contributed by atoms with Gasteiger partial charge in [0.25, 0.3) is 5.91 Å². The fraction of sp³-hybridized carbons (Fsp3) is 0.208. The monoisotopic (exact) mass is 429 g/mol. The number of anilines is 2. The van der Waals surface area contributed by atoms with Crippen molar-refractivity contribution in [3.8, 4) is 0 Å². The molecule has 0 atom stereocenters. The Kier molecular flexibility index (Phi) is 5.68. The summed E-state index contributed by atoms with van der Waals surface area (Å²) in [6.07, 6.45) is 1.81. The van der Waals surface area contributed by atoms with Gasteiger partial charge in [-0.05, 0) is 42.0 Å². The van der Waals surface area contributed by atoms with Gasteiger partial charge < -0.3 is 15.2 Å². The summed E-state index contributed by atoms with van der Waals surface area (Å²) >= 11 is 0. The van der Waals surface area contributed by atoms with Crippen LogP contribution in [-0.2, 0) is 16.6 Å². The zero-order valence-corrected chi connectivity index (χ0v) is 18.0. The van der Waals surface area contributed by atoms with Gasteiger partial charge in [0.15, 0.2) is 11.5 Å². The van der Waals surface area contributed by atoms with Gasteiger partial charge in [-0.25, -0.2) is 9.97 Å². The molecule has 3 heterocycles. The van der Waals surface area contributed by atoms with Gasteiger partial charge in [-0.3, -0.25) is 9.59 Å². The number of nitrogens with one attached hydrogen (secondary N) is 2. The van der Waals surface area contributed by atoms with Gasteiger partial charge in [0.05, 0.1) is 6.42 Å². The van der Waals surface area contributed by atoms with E-state index in [1.807, 2.05) is 39.0 Å². The van der Waals surface area contributed by atoms with E-state index in [4.69, 9.17) is 4.52 Å². The smallest absolute Gasteiger partial charge is 0.274 e. The number of pyridine rings is 2. The van der Waals surface area contributed by atoms with Crippen LogP contribution in [0.1, 0.15) is 42.6 Å². The SMILES string of the molecule is CC(C)(C)c1cc(NC(=O)Cc2ccc(NC(=O)c3ccc4cccnc4n3)cc2)no1. The lowest BCUT2D eigenvalue weighted by Gasteiger charge is -2.12. The van der Waals surface area contributed by atoms with Crippen LogP contribution in [0.25, 0.3) is 11.0 Å². The fourth-order valence-corrected chi connectivity index (χ4v) is 3.04. The summed E-state index contributed by atoms with van der Waals surface area (Å²) in [5, 5.41) is 10.3. The van der Waals surface area contributed by atoms with Gasteiger partial charge in [0.1, 0.15) is 11.5 Å². The quantitative estimate of drug-likeness (QED) is 0.488. The molecule has 2 N–H and O–H groups in total. The summed E-state index contributed by atoms with van der Waals surface area (Å²) in [4.78, 5) is 33.3. The van der Waals surface area contributed by atoms with Crippen molar-refractivity contribution >= 4 is 34.4 Å². The molecule has 3 aromatic heterocycles. The highest BCUT2D eigenvalue weighted by Crippen LogP contribution is 2.24. The molecule has 1 aromatic carbocycles. The van der Waals surface area contributed by atoms with Crippen molar-refractivity contribution in [3.05, 3.63) is 77.8 Å². The molecule has 0 aliphatic heterocycles. The first-order valence-electron chi connectivity index (χ1n) is 10.2. The molecule has 0 fully saturated rings. The van der Waals surface area contributed by atoms with Crippen molar-refractivity contribution in [2.45, 2.75) is 32.6 Å². The van der Waals surface area contributed by atoms with E-state index in [1.54, 1.807) is 42.6 Å². The molecule has 2 amide bonds. The molecule has 32 heavy (non-hydrogen) atoms. The largest absolute Gasteiger partial charge is 0.359 e. The van der Waals surface area contributed by atoms with Crippen LogP contribution in [0, 0.1) is 0 Å². The van der Waals surface area contributed by atoms with Crippen molar-refractivity contribution in [2.24, 2.45) is 0 Å². The van der Waals surface area contributed by atoms with Crippen LogP contribution in [-0.4, -0.2) is 26.9 Å². The normalized spacial score (nSPS) is 11.3. The Bertz CT molecular complexity index is 1270. The van der Waals surface area contributed by atoms with E-state index < -0.39 is 0 Å². The second-order valence-corrected chi connectivity index (χ2v) is 8.45. The van der Waals surface area contributed by atoms with Crippen molar-refractivity contribution < 1.29 is 14.1 Å². The number of carbonyl (C=O) groups is 2. The number of nitrogens with zero attached hydrogens (tertiary/aromatic N) is 3. The molecule has 4 aromatic rings. The molecule has 8 heteroatoms. The minimum absolute atomic E-state index is 0.170. The molecule has 0 aliphatic rings. The van der Waals surface area contributed by atoms with Gasteiger partial charge in [-0.15, -0.1) is 0 Å². The molecule has 0 saturated carbocycles. The predicted octanol–water partition coefficient (Wildman–Crippen LogP) is 4.35. The van der Waals surface area contributed by atoms with Crippen LogP contribution in [0.15, 0.2) is 65.3 Å². The molecule has 0 bridgehead atoms. The van der Waals surface area contributed by atoms with Crippen molar-refractivity contribution in [1.82, 2.24) is 15.1 Å². The number of fused-ring (bicyclic) bond motifs is 1. The molecule has 4 rings (SSSR count). The van der Waals surface area contributed by atoms with E-state index >= 15 is 0 Å². The molecule has 0 radical (unpaired) electrons. The van der Waals surface area contributed by atoms with Crippen LogP contribution >= 0.6 is 0 Å². The minimum Gasteiger partial charge on any atom is -0.359 e. The number of carbonyl (C=O) groups excluding carboxylic acids is 2. The maximum absolute atomic E-state index is 12.5. The number of rotatable bonds is 5. The highest BCUT2D eigenvalue weighted by molar-refractivity contribution is 6.03. The average molecular weight is 429 g/mol. The maximum atomic E-state index is 12.5. The van der Waals surface area contributed by atoms with E-state index in [-0.39, 0.29) is 29.3 Å². The molecule has 0 saturated heterocycles. The van der Waals surface area contributed by atoms with E-state index in [9.17, 15) is 9.59 Å². The lowest BCUT2D eigenvalue weighted by molar-refractivity contribution is -0.115. The Morgan fingerprint density at radius 3 is 2.50 bits per heavy atom. The second-order valence-electron chi connectivity index (χ2n) is 8.45. The van der Waals surface area contributed by atoms with Gasteiger partial charge in [-0.1, -0.05) is 38.1 Å². The molecular formula is C24H23N5O3. The van der Waals surface area contributed by atoms with E-state index in [0.717, 1.165) is 10.9 Å². The molecule has 0 unspecified atom stereocenters. The van der Waals surface area contributed by atoms with E-state index in [2.05, 4.69) is 25.8 Å². The average Bonchev–Trinajstić information content (AvgIpc) is 3.23. The molecular weight excluding hydrogens is 406 g/mol. The zero-order chi connectivity index (χ0) is 22.7.